The summed E-state index contributed by atoms with van der Waals surface area (Å²) in [6.45, 7) is 6.26. The van der Waals surface area contributed by atoms with Gasteiger partial charge in [-0.05, 0) is 40.8 Å². The molecule has 2 aliphatic rings. The molecule has 3 atom stereocenters. The minimum absolute atomic E-state index is 0.0988. The molecule has 1 saturated heterocycles. The predicted molar refractivity (Wildman–Crippen MR) is 177 cm³/mol. The van der Waals surface area contributed by atoms with Gasteiger partial charge in [-0.1, -0.05) is 67.9 Å². The summed E-state index contributed by atoms with van der Waals surface area (Å²) in [5, 5.41) is 6.95. The maximum absolute atomic E-state index is 15.1. The Kier molecular flexibility index (Phi) is 11.3. The summed E-state index contributed by atoms with van der Waals surface area (Å²) in [6.07, 6.45) is 0.463. The van der Waals surface area contributed by atoms with Crippen LogP contribution in [-0.4, -0.2) is 78.2 Å². The Hall–Kier alpha value is -3.86. The Morgan fingerprint density at radius 2 is 1.70 bits per heavy atom. The van der Waals surface area contributed by atoms with Crippen molar-refractivity contribution in [3.63, 3.8) is 0 Å². The monoisotopic (exact) mass is 665 g/mol. The fourth-order valence-corrected chi connectivity index (χ4v) is 6.66. The highest BCUT2D eigenvalue weighted by molar-refractivity contribution is 6.30. The third kappa shape index (κ3) is 8.54. The number of likely N-dealkylation sites (N-methyl/N-ethyl adjacent to an activating group) is 1. The Labute approximate surface area is 280 Å². The van der Waals surface area contributed by atoms with Gasteiger partial charge in [-0.15, -0.1) is 0 Å². The van der Waals surface area contributed by atoms with Crippen molar-refractivity contribution >= 4 is 29.3 Å². The van der Waals surface area contributed by atoms with Gasteiger partial charge >= 0.3 is 0 Å². The van der Waals surface area contributed by atoms with Crippen molar-refractivity contribution in [1.29, 1.82) is 0 Å². The first-order valence-electron chi connectivity index (χ1n) is 16.1. The van der Waals surface area contributed by atoms with Gasteiger partial charge in [0.15, 0.2) is 0 Å². The summed E-state index contributed by atoms with van der Waals surface area (Å²) in [5.74, 6) is -2.07. The van der Waals surface area contributed by atoms with E-state index in [0.29, 0.717) is 31.2 Å². The van der Waals surface area contributed by atoms with Crippen LogP contribution in [0.25, 0.3) is 0 Å². The molecular weight excluding hydrogens is 624 g/mol. The molecule has 47 heavy (non-hydrogen) atoms. The molecule has 2 heterocycles. The third-order valence-corrected chi connectivity index (χ3v) is 9.09. The van der Waals surface area contributed by atoms with Gasteiger partial charge in [0.25, 0.3) is 0 Å². The largest absolute Gasteiger partial charge is 0.344 e. The smallest absolute Gasteiger partial charge is 0.245 e. The van der Waals surface area contributed by atoms with E-state index < -0.39 is 23.7 Å². The lowest BCUT2D eigenvalue weighted by Gasteiger charge is -2.41. The highest BCUT2D eigenvalue weighted by atomic mass is 35.5. The van der Waals surface area contributed by atoms with Crippen LogP contribution in [0.4, 0.5) is 8.78 Å². The van der Waals surface area contributed by atoms with Crippen LogP contribution in [-0.2, 0) is 27.3 Å². The van der Waals surface area contributed by atoms with Crippen LogP contribution in [0.3, 0.4) is 0 Å². The van der Waals surface area contributed by atoms with Crippen molar-refractivity contribution in [2.75, 3.05) is 39.8 Å². The molecule has 5 rings (SSSR count). The second-order valence-electron chi connectivity index (χ2n) is 12.8. The molecule has 2 unspecified atom stereocenters. The van der Waals surface area contributed by atoms with Gasteiger partial charge in [0.1, 0.15) is 23.7 Å². The Balaban J connectivity index is 1.30. The van der Waals surface area contributed by atoms with Crippen LogP contribution in [0.1, 0.15) is 54.6 Å². The van der Waals surface area contributed by atoms with Crippen LogP contribution >= 0.6 is 11.6 Å². The number of rotatable bonds is 11. The molecule has 2 aliphatic heterocycles. The molecule has 3 amide bonds. The number of nitrogens with one attached hydrogen (secondary N) is 2. The van der Waals surface area contributed by atoms with Crippen molar-refractivity contribution in [3.05, 3.63) is 106 Å². The fourth-order valence-electron chi connectivity index (χ4n) is 6.53. The predicted octanol–water partition coefficient (Wildman–Crippen LogP) is 4.88. The molecule has 250 valence electrons. The van der Waals surface area contributed by atoms with Crippen LogP contribution in [0.15, 0.2) is 66.7 Å². The average Bonchev–Trinajstić information content (AvgIpc) is 3.45. The Morgan fingerprint density at radius 3 is 2.38 bits per heavy atom. The summed E-state index contributed by atoms with van der Waals surface area (Å²) in [4.78, 5) is 46.2. The lowest BCUT2D eigenvalue weighted by Crippen LogP contribution is -2.57. The number of amides is 3. The molecule has 3 aromatic carbocycles. The van der Waals surface area contributed by atoms with Crippen LogP contribution in [0.2, 0.25) is 5.02 Å². The fraction of sp³-hybridized carbons (Fsp3) is 0.417. The quantitative estimate of drug-likeness (QED) is 0.305. The summed E-state index contributed by atoms with van der Waals surface area (Å²) in [7, 11) is 1.68. The zero-order valence-corrected chi connectivity index (χ0v) is 27.8. The molecule has 3 aromatic rings. The molecule has 2 N–H and O–H groups in total. The minimum Gasteiger partial charge on any atom is -0.344 e. The third-order valence-electron chi connectivity index (χ3n) is 8.84. The lowest BCUT2D eigenvalue weighted by molar-refractivity contribution is -0.141. The first kappa shape index (κ1) is 34.5. The first-order valence-corrected chi connectivity index (χ1v) is 16.5. The number of piperazine rings is 1. The SMILES string of the molecule is CC(C)CN(C)C(=O)C(c1ccc(F)cc1F)N1CCN(C(=O)[C@@H](Cc2ccc(Cl)cc2)NC(=O)CC2NCc3ccccc32)CC1. The molecule has 1 fully saturated rings. The van der Waals surface area contributed by atoms with Gasteiger partial charge in [0.05, 0.1) is 0 Å². The average molecular weight is 666 g/mol. The Morgan fingerprint density at radius 1 is 1.00 bits per heavy atom. The zero-order valence-electron chi connectivity index (χ0n) is 27.0. The van der Waals surface area contributed by atoms with Crippen molar-refractivity contribution in [2.45, 2.75) is 51.4 Å². The maximum Gasteiger partial charge on any atom is 0.245 e. The van der Waals surface area contributed by atoms with Gasteiger partial charge in [0.2, 0.25) is 17.7 Å². The first-order chi connectivity index (χ1) is 22.5. The van der Waals surface area contributed by atoms with E-state index in [1.54, 1.807) is 29.0 Å². The second kappa shape index (κ2) is 15.4. The van der Waals surface area contributed by atoms with E-state index in [1.807, 2.05) is 55.1 Å². The topological polar surface area (TPSA) is 85.0 Å². The number of fused-ring (bicyclic) bond motifs is 1. The molecule has 8 nitrogen and oxygen atoms in total. The van der Waals surface area contributed by atoms with Crippen molar-refractivity contribution in [1.82, 2.24) is 25.3 Å². The molecule has 0 aromatic heterocycles. The summed E-state index contributed by atoms with van der Waals surface area (Å²) < 4.78 is 28.9. The van der Waals surface area contributed by atoms with Crippen LogP contribution < -0.4 is 10.6 Å². The summed E-state index contributed by atoms with van der Waals surface area (Å²) in [5.41, 5.74) is 3.19. The van der Waals surface area contributed by atoms with Crippen LogP contribution in [0.5, 0.6) is 0 Å². The summed E-state index contributed by atoms with van der Waals surface area (Å²) >= 11 is 6.09. The van der Waals surface area contributed by atoms with E-state index in [0.717, 1.165) is 28.8 Å². The molecule has 0 spiro atoms. The number of hydrogen-bond donors (Lipinski definition) is 2. The molecule has 0 saturated carbocycles. The lowest BCUT2D eigenvalue weighted by atomic mass is 10.00. The molecule has 0 bridgehead atoms. The molecule has 0 aliphatic carbocycles. The number of benzene rings is 3. The number of carbonyl (C=O) groups excluding carboxylic acids is 3. The van der Waals surface area contributed by atoms with Gasteiger partial charge in [-0.25, -0.2) is 8.78 Å². The minimum atomic E-state index is -0.969. The normalized spacial score (nSPS) is 17.7. The number of nitrogens with zero attached hydrogens (tertiary/aromatic N) is 3. The number of hydrogen-bond acceptors (Lipinski definition) is 5. The number of carbonyl (C=O) groups is 3. The number of halogens is 3. The van der Waals surface area contributed by atoms with Gasteiger partial charge in [-0.2, -0.15) is 0 Å². The summed E-state index contributed by atoms with van der Waals surface area (Å²) in [6, 6.07) is 16.5. The van der Waals surface area contributed by atoms with E-state index in [9.17, 15) is 18.8 Å². The van der Waals surface area contributed by atoms with E-state index in [1.165, 1.54) is 6.07 Å². The van der Waals surface area contributed by atoms with Crippen molar-refractivity contribution in [2.24, 2.45) is 5.92 Å². The van der Waals surface area contributed by atoms with Crippen molar-refractivity contribution in [3.8, 4) is 0 Å². The highest BCUT2D eigenvalue weighted by Gasteiger charge is 2.37. The van der Waals surface area contributed by atoms with E-state index in [-0.39, 0.29) is 61.2 Å². The molecule has 11 heteroatoms. The zero-order chi connectivity index (χ0) is 33.7. The standard InChI is InChI=1S/C36H42ClF2N5O3/c1-23(2)22-42(3)36(47)34(29-13-12-27(38)19-30(29)39)43-14-16-44(17-15-43)35(46)32(18-24-8-10-26(37)11-9-24)41-33(45)20-31-28-7-5-4-6-25(28)21-40-31/h4-13,19,23,31-32,34,40H,14-18,20-22H2,1-3H3,(H,41,45)/t31?,32-,34?/m1/s1. The molecule has 0 radical (unpaired) electrons. The highest BCUT2D eigenvalue weighted by Crippen LogP contribution is 2.29. The van der Waals surface area contributed by atoms with E-state index in [4.69, 9.17) is 11.6 Å². The Bertz CT molecular complexity index is 1580. The van der Waals surface area contributed by atoms with Gasteiger partial charge in [-0.3, -0.25) is 19.3 Å². The second-order valence-corrected chi connectivity index (χ2v) is 13.3. The van der Waals surface area contributed by atoms with E-state index >= 15 is 4.39 Å². The maximum atomic E-state index is 15.1. The van der Waals surface area contributed by atoms with Gasteiger partial charge < -0.3 is 20.4 Å². The van der Waals surface area contributed by atoms with E-state index in [2.05, 4.69) is 10.6 Å². The van der Waals surface area contributed by atoms with Gasteiger partial charge in [0, 0.05) is 81.9 Å². The molecular formula is C36H42ClF2N5O3. The van der Waals surface area contributed by atoms with Crippen molar-refractivity contribution < 1.29 is 23.2 Å². The van der Waals surface area contributed by atoms with Crippen LogP contribution in [0, 0.1) is 17.6 Å².